The summed E-state index contributed by atoms with van der Waals surface area (Å²) in [6.07, 6.45) is 8.31. The number of benzene rings is 2. The van der Waals surface area contributed by atoms with Gasteiger partial charge in [0.05, 0.1) is 6.04 Å². The van der Waals surface area contributed by atoms with Gasteiger partial charge in [0, 0.05) is 51.5 Å². The molecule has 0 unspecified atom stereocenters. The average Bonchev–Trinajstić information content (AvgIpc) is 2.91. The Hall–Kier alpha value is -3.02. The lowest BCUT2D eigenvalue weighted by Gasteiger charge is -2.39. The number of hydrogen-bond donors (Lipinski definition) is 1. The third-order valence-electron chi connectivity index (χ3n) is 6.84. The van der Waals surface area contributed by atoms with Crippen molar-refractivity contribution in [2.45, 2.75) is 38.1 Å². The molecule has 1 N–H and O–H groups in total. The van der Waals surface area contributed by atoms with Gasteiger partial charge in [-0.1, -0.05) is 73.2 Å². The number of rotatable bonds is 12. The van der Waals surface area contributed by atoms with Crippen LogP contribution in [0.4, 0.5) is 0 Å². The molecule has 0 aliphatic carbocycles. The summed E-state index contributed by atoms with van der Waals surface area (Å²) in [6.45, 7) is 6.16. The highest BCUT2D eigenvalue weighted by Crippen LogP contribution is 2.29. The molecule has 5 heteroatoms. The molecule has 1 aliphatic heterocycles. The Balaban J connectivity index is 1.13. The van der Waals surface area contributed by atoms with E-state index in [0.29, 0.717) is 19.0 Å². The summed E-state index contributed by atoms with van der Waals surface area (Å²) >= 11 is 0. The Bertz CT molecular complexity index is 949. The highest BCUT2D eigenvalue weighted by atomic mass is 16.1. The number of aromatic nitrogens is 1. The summed E-state index contributed by atoms with van der Waals surface area (Å²) < 4.78 is 0. The fourth-order valence-electron chi connectivity index (χ4n) is 4.91. The van der Waals surface area contributed by atoms with Crippen molar-refractivity contribution >= 4 is 5.91 Å². The van der Waals surface area contributed by atoms with Crippen LogP contribution in [-0.4, -0.2) is 60.0 Å². The van der Waals surface area contributed by atoms with Crippen molar-refractivity contribution in [1.82, 2.24) is 20.1 Å². The molecule has 2 aromatic carbocycles. The Labute approximate surface area is 210 Å². The van der Waals surface area contributed by atoms with Crippen LogP contribution < -0.4 is 5.32 Å². The van der Waals surface area contributed by atoms with Crippen LogP contribution in [0.5, 0.6) is 0 Å². The summed E-state index contributed by atoms with van der Waals surface area (Å²) in [5.74, 6) is 0.162. The average molecular weight is 471 g/mol. The number of hydrogen-bond acceptors (Lipinski definition) is 4. The van der Waals surface area contributed by atoms with Crippen LogP contribution in [0.2, 0.25) is 0 Å². The molecule has 184 valence electrons. The predicted octanol–water partition coefficient (Wildman–Crippen LogP) is 4.71. The summed E-state index contributed by atoms with van der Waals surface area (Å²) in [7, 11) is 0. The van der Waals surface area contributed by atoms with Gasteiger partial charge in [-0.05, 0) is 48.6 Å². The number of nitrogens with zero attached hydrogens (tertiary/aromatic N) is 3. The van der Waals surface area contributed by atoms with E-state index in [1.165, 1.54) is 11.1 Å². The van der Waals surface area contributed by atoms with Crippen molar-refractivity contribution in [2.75, 3.05) is 39.3 Å². The van der Waals surface area contributed by atoms with Gasteiger partial charge in [-0.2, -0.15) is 0 Å². The smallest absolute Gasteiger partial charge is 0.220 e. The fourth-order valence-corrected chi connectivity index (χ4v) is 4.91. The van der Waals surface area contributed by atoms with Crippen LogP contribution in [0.15, 0.2) is 85.2 Å². The molecule has 0 bridgehead atoms. The van der Waals surface area contributed by atoms with Gasteiger partial charge in [-0.25, -0.2) is 0 Å². The van der Waals surface area contributed by atoms with E-state index in [-0.39, 0.29) is 5.91 Å². The van der Waals surface area contributed by atoms with Gasteiger partial charge in [0.1, 0.15) is 0 Å². The van der Waals surface area contributed by atoms with Crippen molar-refractivity contribution in [3.05, 3.63) is 102 Å². The van der Waals surface area contributed by atoms with E-state index in [2.05, 4.69) is 80.8 Å². The van der Waals surface area contributed by atoms with Crippen LogP contribution in [-0.2, 0) is 11.2 Å². The third kappa shape index (κ3) is 8.01. The SMILES string of the molecule is O=C(CCCCCN1CCN(C(c2ccccc2)c2ccccc2)CC1)NCCc1cccnc1. The highest BCUT2D eigenvalue weighted by Gasteiger charge is 2.26. The van der Waals surface area contributed by atoms with Crippen LogP contribution in [0.1, 0.15) is 48.4 Å². The quantitative estimate of drug-likeness (QED) is 0.390. The molecular weight excluding hydrogens is 432 g/mol. The Morgan fingerprint density at radius 1 is 0.829 bits per heavy atom. The minimum atomic E-state index is 0.162. The molecule has 3 aromatic rings. The minimum absolute atomic E-state index is 0.162. The number of pyridine rings is 1. The molecule has 35 heavy (non-hydrogen) atoms. The van der Waals surface area contributed by atoms with E-state index in [1.54, 1.807) is 6.20 Å². The molecule has 0 radical (unpaired) electrons. The first-order valence-electron chi connectivity index (χ1n) is 13.0. The number of carbonyl (C=O) groups is 1. The second-order valence-corrected chi connectivity index (χ2v) is 9.37. The molecule has 0 spiro atoms. The van der Waals surface area contributed by atoms with E-state index in [9.17, 15) is 4.79 Å². The molecule has 1 fully saturated rings. The molecule has 2 heterocycles. The largest absolute Gasteiger partial charge is 0.356 e. The van der Waals surface area contributed by atoms with E-state index in [4.69, 9.17) is 0 Å². The molecule has 1 aromatic heterocycles. The lowest BCUT2D eigenvalue weighted by Crippen LogP contribution is -2.48. The van der Waals surface area contributed by atoms with E-state index >= 15 is 0 Å². The molecule has 1 amide bonds. The lowest BCUT2D eigenvalue weighted by atomic mass is 9.96. The predicted molar refractivity (Wildman–Crippen MR) is 142 cm³/mol. The van der Waals surface area contributed by atoms with Crippen LogP contribution >= 0.6 is 0 Å². The molecular formula is C30H38N4O. The summed E-state index contributed by atoms with van der Waals surface area (Å²) in [4.78, 5) is 21.4. The van der Waals surface area contributed by atoms with Gasteiger partial charge in [0.15, 0.2) is 0 Å². The first kappa shape index (κ1) is 25.1. The number of carbonyl (C=O) groups excluding carboxylic acids is 1. The Morgan fingerprint density at radius 2 is 1.51 bits per heavy atom. The summed E-state index contributed by atoms with van der Waals surface area (Å²) in [5.41, 5.74) is 3.89. The maximum Gasteiger partial charge on any atom is 0.220 e. The normalized spacial score (nSPS) is 14.8. The minimum Gasteiger partial charge on any atom is -0.356 e. The standard InChI is InChI=1S/C30H38N4O/c35-29(32-19-17-26-11-10-18-31-25-26)16-8-3-9-20-33-21-23-34(24-22-33)30(27-12-4-1-5-13-27)28-14-6-2-7-15-28/h1-2,4-7,10-15,18,25,30H,3,8-9,16-17,19-24H2,(H,32,35). The number of amides is 1. The molecule has 0 saturated carbocycles. The van der Waals surface area contributed by atoms with Gasteiger partial charge in [0.2, 0.25) is 5.91 Å². The number of nitrogens with one attached hydrogen (secondary N) is 1. The second kappa shape index (κ2) is 13.8. The van der Waals surface area contributed by atoms with Gasteiger partial charge in [0.25, 0.3) is 0 Å². The first-order chi connectivity index (χ1) is 17.3. The van der Waals surface area contributed by atoms with Crippen LogP contribution in [0.25, 0.3) is 0 Å². The van der Waals surface area contributed by atoms with Crippen molar-refractivity contribution in [1.29, 1.82) is 0 Å². The van der Waals surface area contributed by atoms with Crippen molar-refractivity contribution in [3.63, 3.8) is 0 Å². The zero-order valence-electron chi connectivity index (χ0n) is 20.7. The zero-order chi connectivity index (χ0) is 24.1. The van der Waals surface area contributed by atoms with Crippen molar-refractivity contribution in [3.8, 4) is 0 Å². The van der Waals surface area contributed by atoms with Gasteiger partial charge < -0.3 is 10.2 Å². The zero-order valence-corrected chi connectivity index (χ0v) is 20.7. The van der Waals surface area contributed by atoms with E-state index in [0.717, 1.165) is 64.0 Å². The highest BCUT2D eigenvalue weighted by molar-refractivity contribution is 5.75. The second-order valence-electron chi connectivity index (χ2n) is 9.37. The van der Waals surface area contributed by atoms with E-state index < -0.39 is 0 Å². The third-order valence-corrected chi connectivity index (χ3v) is 6.84. The Kier molecular flexibility index (Phi) is 9.86. The molecule has 5 nitrogen and oxygen atoms in total. The molecule has 4 rings (SSSR count). The summed E-state index contributed by atoms with van der Waals surface area (Å²) in [5, 5.41) is 3.03. The monoisotopic (exact) mass is 470 g/mol. The van der Waals surface area contributed by atoms with Gasteiger partial charge in [-0.3, -0.25) is 14.7 Å². The van der Waals surface area contributed by atoms with Crippen molar-refractivity contribution in [2.24, 2.45) is 0 Å². The maximum absolute atomic E-state index is 12.1. The maximum atomic E-state index is 12.1. The molecule has 1 saturated heterocycles. The molecule has 1 aliphatic rings. The van der Waals surface area contributed by atoms with E-state index in [1.807, 2.05) is 18.3 Å². The van der Waals surface area contributed by atoms with Gasteiger partial charge in [-0.15, -0.1) is 0 Å². The van der Waals surface area contributed by atoms with Crippen LogP contribution in [0.3, 0.4) is 0 Å². The Morgan fingerprint density at radius 3 is 2.14 bits per heavy atom. The van der Waals surface area contributed by atoms with Crippen LogP contribution in [0, 0.1) is 0 Å². The number of piperazine rings is 1. The topological polar surface area (TPSA) is 48.5 Å². The fraction of sp³-hybridized carbons (Fsp3) is 0.400. The number of unbranched alkanes of at least 4 members (excludes halogenated alkanes) is 2. The first-order valence-corrected chi connectivity index (χ1v) is 13.0. The summed E-state index contributed by atoms with van der Waals surface area (Å²) in [6, 6.07) is 26.0. The molecule has 0 atom stereocenters. The van der Waals surface area contributed by atoms with Crippen molar-refractivity contribution < 1.29 is 4.79 Å². The van der Waals surface area contributed by atoms with Gasteiger partial charge >= 0.3 is 0 Å². The lowest BCUT2D eigenvalue weighted by molar-refractivity contribution is -0.121.